The zero-order valence-electron chi connectivity index (χ0n) is 10.2. The van der Waals surface area contributed by atoms with Crippen LogP contribution in [0, 0.1) is 0 Å². The van der Waals surface area contributed by atoms with E-state index in [2.05, 4.69) is 5.32 Å². The molecule has 0 amide bonds. The average Bonchev–Trinajstić information content (AvgIpc) is 1.98. The zero-order valence-corrected chi connectivity index (χ0v) is 11.1. The molecular formula is C10H23NO3S. The van der Waals surface area contributed by atoms with Gasteiger partial charge in [0.15, 0.2) is 9.84 Å². The standard InChI is InChI=1S/C10H23NO3S/c1-8(2)15(13,14)7-9(12)6-11-10(3,4)5/h8-9,11-12H,6-7H2,1-5H3. The molecule has 0 fully saturated rings. The zero-order chi connectivity index (χ0) is 12.3. The van der Waals surface area contributed by atoms with Gasteiger partial charge in [0.1, 0.15) is 0 Å². The SMILES string of the molecule is CC(C)S(=O)(=O)CC(O)CNC(C)(C)C. The van der Waals surface area contributed by atoms with Crippen molar-refractivity contribution in [3.05, 3.63) is 0 Å². The van der Waals surface area contributed by atoms with E-state index < -0.39 is 21.2 Å². The molecule has 0 aliphatic carbocycles. The van der Waals surface area contributed by atoms with E-state index in [-0.39, 0.29) is 11.3 Å². The lowest BCUT2D eigenvalue weighted by Gasteiger charge is -2.23. The summed E-state index contributed by atoms with van der Waals surface area (Å²) in [5.41, 5.74) is -0.109. The molecule has 0 aromatic heterocycles. The van der Waals surface area contributed by atoms with Crippen molar-refractivity contribution in [1.29, 1.82) is 0 Å². The van der Waals surface area contributed by atoms with Crippen LogP contribution in [0.2, 0.25) is 0 Å². The van der Waals surface area contributed by atoms with Crippen LogP contribution in [0.1, 0.15) is 34.6 Å². The molecule has 5 heteroatoms. The van der Waals surface area contributed by atoms with Gasteiger partial charge in [-0.3, -0.25) is 0 Å². The highest BCUT2D eigenvalue weighted by Gasteiger charge is 2.21. The predicted octanol–water partition coefficient (Wildman–Crippen LogP) is 0.559. The fourth-order valence-corrected chi connectivity index (χ4v) is 1.98. The largest absolute Gasteiger partial charge is 0.391 e. The summed E-state index contributed by atoms with van der Waals surface area (Å²) in [6.45, 7) is 9.46. The highest BCUT2D eigenvalue weighted by Crippen LogP contribution is 2.04. The molecule has 0 aliphatic heterocycles. The summed E-state index contributed by atoms with van der Waals surface area (Å²) in [6.07, 6.45) is -0.836. The van der Waals surface area contributed by atoms with Gasteiger partial charge in [-0.15, -0.1) is 0 Å². The van der Waals surface area contributed by atoms with Gasteiger partial charge in [0, 0.05) is 12.1 Å². The van der Waals surface area contributed by atoms with Crippen LogP contribution in [0.5, 0.6) is 0 Å². The first-order chi connectivity index (χ1) is 6.54. The van der Waals surface area contributed by atoms with Gasteiger partial charge in [-0.1, -0.05) is 0 Å². The number of hydrogen-bond donors (Lipinski definition) is 2. The Balaban J connectivity index is 4.11. The smallest absolute Gasteiger partial charge is 0.155 e. The Morgan fingerprint density at radius 1 is 1.27 bits per heavy atom. The molecule has 0 aliphatic rings. The molecule has 15 heavy (non-hydrogen) atoms. The first-order valence-corrected chi connectivity index (χ1v) is 6.91. The van der Waals surface area contributed by atoms with Crippen LogP contribution >= 0.6 is 0 Å². The van der Waals surface area contributed by atoms with E-state index in [1.54, 1.807) is 13.8 Å². The van der Waals surface area contributed by atoms with E-state index >= 15 is 0 Å². The number of aliphatic hydroxyl groups excluding tert-OH is 1. The summed E-state index contributed by atoms with van der Waals surface area (Å²) < 4.78 is 23.0. The van der Waals surface area contributed by atoms with Crippen molar-refractivity contribution in [3.63, 3.8) is 0 Å². The van der Waals surface area contributed by atoms with E-state index in [1.165, 1.54) is 0 Å². The lowest BCUT2D eigenvalue weighted by atomic mass is 10.1. The molecule has 0 saturated carbocycles. The maximum absolute atomic E-state index is 11.5. The molecule has 1 atom stereocenters. The third-order valence-corrected chi connectivity index (χ3v) is 4.30. The fourth-order valence-electron chi connectivity index (χ4n) is 0.944. The molecule has 1 unspecified atom stereocenters. The lowest BCUT2D eigenvalue weighted by Crippen LogP contribution is -2.43. The van der Waals surface area contributed by atoms with E-state index in [0.717, 1.165) is 0 Å². The number of β-amino-alcohol motifs (C(OH)–C–C–N with tert-alkyl or cyclic N) is 1. The van der Waals surface area contributed by atoms with Crippen LogP contribution in [0.15, 0.2) is 0 Å². The third-order valence-electron chi connectivity index (χ3n) is 2.01. The molecule has 92 valence electrons. The molecule has 0 heterocycles. The van der Waals surface area contributed by atoms with E-state index in [4.69, 9.17) is 0 Å². The van der Waals surface area contributed by atoms with E-state index in [0.29, 0.717) is 6.54 Å². The Bertz CT molecular complexity index is 278. The van der Waals surface area contributed by atoms with Crippen LogP contribution in [-0.2, 0) is 9.84 Å². The summed E-state index contributed by atoms with van der Waals surface area (Å²) in [5, 5.41) is 12.2. The predicted molar refractivity (Wildman–Crippen MR) is 62.7 cm³/mol. The Hall–Kier alpha value is -0.130. The second-order valence-corrected chi connectivity index (χ2v) is 7.76. The van der Waals surface area contributed by atoms with Crippen LogP contribution in [0.3, 0.4) is 0 Å². The third kappa shape index (κ3) is 6.87. The highest BCUT2D eigenvalue weighted by atomic mass is 32.2. The van der Waals surface area contributed by atoms with Gasteiger partial charge in [-0.25, -0.2) is 8.42 Å². The summed E-state index contributed by atoms with van der Waals surface area (Å²) >= 11 is 0. The van der Waals surface area contributed by atoms with Gasteiger partial charge in [0.2, 0.25) is 0 Å². The fraction of sp³-hybridized carbons (Fsp3) is 1.00. The summed E-state index contributed by atoms with van der Waals surface area (Å²) in [7, 11) is -3.16. The second kappa shape index (κ2) is 5.27. The second-order valence-electron chi connectivity index (χ2n) is 5.16. The van der Waals surface area contributed by atoms with E-state index in [1.807, 2.05) is 20.8 Å². The Morgan fingerprint density at radius 2 is 1.73 bits per heavy atom. The molecule has 0 spiro atoms. The number of nitrogens with one attached hydrogen (secondary N) is 1. The number of rotatable bonds is 5. The van der Waals surface area contributed by atoms with Crippen molar-refractivity contribution >= 4 is 9.84 Å². The van der Waals surface area contributed by atoms with Crippen LogP contribution < -0.4 is 5.32 Å². The van der Waals surface area contributed by atoms with Gasteiger partial charge < -0.3 is 10.4 Å². The Kier molecular flexibility index (Phi) is 5.23. The van der Waals surface area contributed by atoms with Crippen molar-refractivity contribution in [2.75, 3.05) is 12.3 Å². The van der Waals surface area contributed by atoms with Crippen molar-refractivity contribution in [1.82, 2.24) is 5.32 Å². The first kappa shape index (κ1) is 14.9. The molecule has 0 rings (SSSR count). The van der Waals surface area contributed by atoms with Gasteiger partial charge in [-0.05, 0) is 34.6 Å². The van der Waals surface area contributed by atoms with Crippen molar-refractivity contribution in [2.24, 2.45) is 0 Å². The maximum Gasteiger partial charge on any atom is 0.155 e. The quantitative estimate of drug-likeness (QED) is 0.733. The molecule has 0 bridgehead atoms. The van der Waals surface area contributed by atoms with Crippen LogP contribution in [0.4, 0.5) is 0 Å². The van der Waals surface area contributed by atoms with Gasteiger partial charge in [0.05, 0.1) is 17.1 Å². The summed E-state index contributed by atoms with van der Waals surface area (Å²) in [4.78, 5) is 0. The molecule has 2 N–H and O–H groups in total. The minimum Gasteiger partial charge on any atom is -0.391 e. The molecule has 0 radical (unpaired) electrons. The number of hydrogen-bond acceptors (Lipinski definition) is 4. The monoisotopic (exact) mass is 237 g/mol. The lowest BCUT2D eigenvalue weighted by molar-refractivity contribution is 0.181. The summed E-state index contributed by atoms with van der Waals surface area (Å²) in [6, 6.07) is 0. The van der Waals surface area contributed by atoms with Crippen LogP contribution in [0.25, 0.3) is 0 Å². The number of sulfone groups is 1. The minimum absolute atomic E-state index is 0.109. The molecular weight excluding hydrogens is 214 g/mol. The van der Waals surface area contributed by atoms with Gasteiger partial charge >= 0.3 is 0 Å². The maximum atomic E-state index is 11.5. The van der Waals surface area contributed by atoms with E-state index in [9.17, 15) is 13.5 Å². The van der Waals surface area contributed by atoms with Crippen molar-refractivity contribution < 1.29 is 13.5 Å². The molecule has 0 saturated heterocycles. The average molecular weight is 237 g/mol. The van der Waals surface area contributed by atoms with Crippen molar-refractivity contribution in [3.8, 4) is 0 Å². The normalized spacial score (nSPS) is 15.7. The molecule has 4 nitrogen and oxygen atoms in total. The molecule has 0 aromatic carbocycles. The topological polar surface area (TPSA) is 66.4 Å². The minimum atomic E-state index is -3.16. The van der Waals surface area contributed by atoms with Gasteiger partial charge in [0.25, 0.3) is 0 Å². The Morgan fingerprint density at radius 3 is 2.07 bits per heavy atom. The van der Waals surface area contributed by atoms with Crippen molar-refractivity contribution in [2.45, 2.75) is 51.5 Å². The summed E-state index contributed by atoms with van der Waals surface area (Å²) in [5.74, 6) is -0.173. The number of aliphatic hydroxyl groups is 1. The Labute approximate surface area is 93.0 Å². The van der Waals surface area contributed by atoms with Crippen LogP contribution in [-0.4, -0.2) is 42.7 Å². The van der Waals surface area contributed by atoms with Gasteiger partial charge in [-0.2, -0.15) is 0 Å². The highest BCUT2D eigenvalue weighted by molar-refractivity contribution is 7.92. The first-order valence-electron chi connectivity index (χ1n) is 5.19. The molecule has 0 aromatic rings.